The molecule has 0 aromatic heterocycles. The number of nitrogens with two attached hydrogens (primary N) is 2. The molecule has 1 aromatic rings. The fourth-order valence-electron chi connectivity index (χ4n) is 1.32. The second-order valence-corrected chi connectivity index (χ2v) is 3.79. The summed E-state index contributed by atoms with van der Waals surface area (Å²) >= 11 is 0. The van der Waals surface area contributed by atoms with Crippen LogP contribution >= 0.6 is 0 Å². The number of benzene rings is 1. The summed E-state index contributed by atoms with van der Waals surface area (Å²) in [5.41, 5.74) is 10.6. The van der Waals surface area contributed by atoms with Crippen LogP contribution in [0.2, 0.25) is 0 Å². The first kappa shape index (κ1) is 15.5. The van der Waals surface area contributed by atoms with Gasteiger partial charge in [-0.05, 0) is 30.7 Å². The number of carbonyl (C=O) groups excluding carboxylic acids is 1. The van der Waals surface area contributed by atoms with Gasteiger partial charge in [0.25, 0.3) is 5.91 Å². The highest BCUT2D eigenvalue weighted by molar-refractivity contribution is 6.03. The van der Waals surface area contributed by atoms with E-state index in [0.29, 0.717) is 5.56 Å². The molecular formula is C12H12F3N3O2. The Balaban J connectivity index is 2.95. The van der Waals surface area contributed by atoms with E-state index in [1.165, 1.54) is 25.1 Å². The monoisotopic (exact) mass is 287 g/mol. The quantitative estimate of drug-likeness (QED) is 0.503. The molecule has 20 heavy (non-hydrogen) atoms. The molecular weight excluding hydrogens is 275 g/mol. The first-order chi connectivity index (χ1) is 9.17. The van der Waals surface area contributed by atoms with Crippen molar-refractivity contribution >= 4 is 17.9 Å². The lowest BCUT2D eigenvalue weighted by Gasteiger charge is -2.09. The summed E-state index contributed by atoms with van der Waals surface area (Å²) in [6.07, 6.45) is -3.43. The van der Waals surface area contributed by atoms with Gasteiger partial charge in [-0.3, -0.25) is 4.79 Å². The van der Waals surface area contributed by atoms with Gasteiger partial charge in [0.15, 0.2) is 5.96 Å². The molecule has 1 aromatic carbocycles. The van der Waals surface area contributed by atoms with Crippen LogP contribution in [-0.4, -0.2) is 18.2 Å². The number of aliphatic imine (C=N–C) groups is 1. The Morgan fingerprint density at radius 1 is 1.35 bits per heavy atom. The average Bonchev–Trinajstić information content (AvgIpc) is 2.25. The molecule has 108 valence electrons. The number of guanidine groups is 1. The molecule has 8 heteroatoms. The average molecular weight is 287 g/mol. The molecule has 0 heterocycles. The summed E-state index contributed by atoms with van der Waals surface area (Å²) in [6.45, 7) is 1.44. The number of amides is 1. The Kier molecular flexibility index (Phi) is 4.73. The van der Waals surface area contributed by atoms with Crippen molar-refractivity contribution in [3.63, 3.8) is 0 Å². The first-order valence-electron chi connectivity index (χ1n) is 5.35. The number of nitrogens with zero attached hydrogens (tertiary/aromatic N) is 1. The number of halogens is 3. The standard InChI is InChI=1S/C12H12F3N3O2/c1-7(10(19)18-11(16)17)5-8-3-2-4-9(6-8)20-12(13,14)15/h2-6H,1H3,(H4,16,17,18,19)/b7-5+. The molecule has 0 spiro atoms. The summed E-state index contributed by atoms with van der Waals surface area (Å²) in [6, 6.07) is 5.17. The summed E-state index contributed by atoms with van der Waals surface area (Å²) in [7, 11) is 0. The maximum Gasteiger partial charge on any atom is 0.573 e. The van der Waals surface area contributed by atoms with Crippen molar-refractivity contribution in [2.75, 3.05) is 0 Å². The number of hydrogen-bond acceptors (Lipinski definition) is 2. The van der Waals surface area contributed by atoms with Gasteiger partial charge in [0.05, 0.1) is 0 Å². The third kappa shape index (κ3) is 5.42. The van der Waals surface area contributed by atoms with E-state index in [0.717, 1.165) is 12.1 Å². The topological polar surface area (TPSA) is 90.7 Å². The molecule has 0 unspecified atom stereocenters. The molecule has 0 bridgehead atoms. The van der Waals surface area contributed by atoms with E-state index in [9.17, 15) is 18.0 Å². The highest BCUT2D eigenvalue weighted by Gasteiger charge is 2.31. The Bertz CT molecular complexity index is 561. The van der Waals surface area contributed by atoms with Gasteiger partial charge in [0, 0.05) is 5.57 Å². The fourth-order valence-corrected chi connectivity index (χ4v) is 1.32. The van der Waals surface area contributed by atoms with Gasteiger partial charge in [0.1, 0.15) is 5.75 Å². The van der Waals surface area contributed by atoms with Crippen LogP contribution in [0.3, 0.4) is 0 Å². The van der Waals surface area contributed by atoms with Crippen molar-refractivity contribution in [3.8, 4) is 5.75 Å². The molecule has 0 atom stereocenters. The second-order valence-electron chi connectivity index (χ2n) is 3.79. The van der Waals surface area contributed by atoms with Crippen molar-refractivity contribution in [2.45, 2.75) is 13.3 Å². The Labute approximate surface area is 112 Å². The van der Waals surface area contributed by atoms with Gasteiger partial charge < -0.3 is 16.2 Å². The number of ether oxygens (including phenoxy) is 1. The molecule has 0 aliphatic carbocycles. The second kappa shape index (κ2) is 6.09. The number of hydrogen-bond donors (Lipinski definition) is 2. The summed E-state index contributed by atoms with van der Waals surface area (Å²) < 4.78 is 40.0. The van der Waals surface area contributed by atoms with Gasteiger partial charge in [0.2, 0.25) is 0 Å². The molecule has 0 fully saturated rings. The first-order valence-corrected chi connectivity index (χ1v) is 5.35. The third-order valence-electron chi connectivity index (χ3n) is 2.04. The highest BCUT2D eigenvalue weighted by Crippen LogP contribution is 2.24. The van der Waals surface area contributed by atoms with E-state index in [-0.39, 0.29) is 11.3 Å². The van der Waals surface area contributed by atoms with Crippen LogP contribution in [0.5, 0.6) is 5.75 Å². The van der Waals surface area contributed by atoms with Crippen LogP contribution in [0.25, 0.3) is 6.08 Å². The minimum Gasteiger partial charge on any atom is -0.406 e. The zero-order valence-electron chi connectivity index (χ0n) is 10.4. The smallest absolute Gasteiger partial charge is 0.406 e. The van der Waals surface area contributed by atoms with Gasteiger partial charge in [-0.15, -0.1) is 13.2 Å². The lowest BCUT2D eigenvalue weighted by molar-refractivity contribution is -0.274. The maximum absolute atomic E-state index is 12.1. The maximum atomic E-state index is 12.1. The van der Waals surface area contributed by atoms with E-state index in [4.69, 9.17) is 11.5 Å². The fraction of sp³-hybridized carbons (Fsp3) is 0.167. The molecule has 1 rings (SSSR count). The van der Waals surface area contributed by atoms with Crippen molar-refractivity contribution < 1.29 is 22.7 Å². The van der Waals surface area contributed by atoms with E-state index < -0.39 is 18.2 Å². The van der Waals surface area contributed by atoms with Crippen molar-refractivity contribution in [1.82, 2.24) is 0 Å². The molecule has 0 aliphatic heterocycles. The largest absolute Gasteiger partial charge is 0.573 e. The predicted octanol–water partition coefficient (Wildman–Crippen LogP) is 1.79. The van der Waals surface area contributed by atoms with E-state index >= 15 is 0 Å². The summed E-state index contributed by atoms with van der Waals surface area (Å²) in [5, 5.41) is 0. The number of rotatable bonds is 3. The van der Waals surface area contributed by atoms with Crippen molar-refractivity contribution in [2.24, 2.45) is 16.5 Å². The van der Waals surface area contributed by atoms with Crippen LogP contribution < -0.4 is 16.2 Å². The minimum absolute atomic E-state index is 0.169. The minimum atomic E-state index is -4.77. The van der Waals surface area contributed by atoms with E-state index in [1.54, 1.807) is 0 Å². The highest BCUT2D eigenvalue weighted by atomic mass is 19.4. The molecule has 1 amide bonds. The lowest BCUT2D eigenvalue weighted by atomic mass is 10.1. The van der Waals surface area contributed by atoms with E-state index in [1.807, 2.05) is 0 Å². The Hall–Kier alpha value is -2.51. The normalized spacial score (nSPS) is 11.9. The Morgan fingerprint density at radius 3 is 2.55 bits per heavy atom. The lowest BCUT2D eigenvalue weighted by Crippen LogP contribution is -2.24. The molecule has 5 nitrogen and oxygen atoms in total. The molecule has 4 N–H and O–H groups in total. The van der Waals surface area contributed by atoms with Crippen LogP contribution in [0, 0.1) is 0 Å². The van der Waals surface area contributed by atoms with Crippen LogP contribution in [-0.2, 0) is 4.79 Å². The molecule has 0 saturated heterocycles. The number of carbonyl (C=O) groups is 1. The Morgan fingerprint density at radius 2 is 2.00 bits per heavy atom. The predicted molar refractivity (Wildman–Crippen MR) is 67.6 cm³/mol. The van der Waals surface area contributed by atoms with Gasteiger partial charge in [-0.25, -0.2) is 0 Å². The number of alkyl halides is 3. The van der Waals surface area contributed by atoms with Crippen molar-refractivity contribution in [1.29, 1.82) is 0 Å². The summed E-state index contributed by atoms with van der Waals surface area (Å²) in [5.74, 6) is -1.45. The van der Waals surface area contributed by atoms with Gasteiger partial charge in [-0.1, -0.05) is 12.1 Å². The van der Waals surface area contributed by atoms with Gasteiger partial charge in [-0.2, -0.15) is 4.99 Å². The molecule has 0 saturated carbocycles. The molecule has 0 aliphatic rings. The van der Waals surface area contributed by atoms with Crippen LogP contribution in [0.4, 0.5) is 13.2 Å². The third-order valence-corrected chi connectivity index (χ3v) is 2.04. The van der Waals surface area contributed by atoms with Crippen molar-refractivity contribution in [3.05, 3.63) is 35.4 Å². The SMILES string of the molecule is C/C(=C\c1cccc(OC(F)(F)F)c1)C(=O)N=C(N)N. The molecule has 0 radical (unpaired) electrons. The van der Waals surface area contributed by atoms with Crippen LogP contribution in [0.1, 0.15) is 12.5 Å². The zero-order valence-corrected chi connectivity index (χ0v) is 10.4. The summed E-state index contributed by atoms with van der Waals surface area (Å²) in [4.78, 5) is 14.8. The zero-order chi connectivity index (χ0) is 15.3. The van der Waals surface area contributed by atoms with Crippen LogP contribution in [0.15, 0.2) is 34.8 Å². The van der Waals surface area contributed by atoms with E-state index in [2.05, 4.69) is 9.73 Å². The van der Waals surface area contributed by atoms with Gasteiger partial charge >= 0.3 is 6.36 Å².